The molecule has 0 N–H and O–H groups in total. The Bertz CT molecular complexity index is 583. The lowest BCUT2D eigenvalue weighted by atomic mass is 10.0. The van der Waals surface area contributed by atoms with Crippen LogP contribution in [0.3, 0.4) is 0 Å². The predicted molar refractivity (Wildman–Crippen MR) is 65.5 cm³/mol. The van der Waals surface area contributed by atoms with E-state index >= 15 is 0 Å². The maximum absolute atomic E-state index is 5.45. The average molecular weight is 203 g/mol. The van der Waals surface area contributed by atoms with Gasteiger partial charge in [-0.15, -0.1) is 12.8 Å². The number of rotatable bonds is 1. The molecular weight excluding hydrogens is 194 g/mol. The molecule has 1 heteroatoms. The summed E-state index contributed by atoms with van der Waals surface area (Å²) in [7, 11) is 0. The molecule has 0 amide bonds. The van der Waals surface area contributed by atoms with Gasteiger partial charge in [-0.2, -0.15) is 0 Å². The predicted octanol–water partition coefficient (Wildman–Crippen LogP) is 2.71. The van der Waals surface area contributed by atoms with Crippen LogP contribution >= 0.6 is 0 Å². The van der Waals surface area contributed by atoms with E-state index in [0.29, 0.717) is 0 Å². The van der Waals surface area contributed by atoms with E-state index in [1.54, 1.807) is 6.20 Å². The summed E-state index contributed by atoms with van der Waals surface area (Å²) in [5.74, 6) is 5.23. The minimum Gasteiger partial charge on any atom is -0.256 e. The van der Waals surface area contributed by atoms with Gasteiger partial charge < -0.3 is 0 Å². The first-order chi connectivity index (χ1) is 7.85. The Balaban J connectivity index is 2.65. The number of hydrogen-bond donors (Lipinski definition) is 0. The summed E-state index contributed by atoms with van der Waals surface area (Å²) in [5.41, 5.74) is 3.35. The van der Waals surface area contributed by atoms with Crippen LogP contribution in [0.15, 0.2) is 42.6 Å². The molecule has 0 aliphatic carbocycles. The van der Waals surface area contributed by atoms with Gasteiger partial charge in [-0.05, 0) is 30.3 Å². The number of aromatic nitrogens is 1. The van der Waals surface area contributed by atoms with E-state index in [0.717, 1.165) is 22.4 Å². The van der Waals surface area contributed by atoms with Gasteiger partial charge in [0.1, 0.15) is 0 Å². The molecule has 0 atom stereocenters. The lowest BCUT2D eigenvalue weighted by molar-refractivity contribution is 1.32. The van der Waals surface area contributed by atoms with Crippen LogP contribution < -0.4 is 0 Å². The highest BCUT2D eigenvalue weighted by atomic mass is 14.7. The van der Waals surface area contributed by atoms with Crippen molar-refractivity contribution < 1.29 is 0 Å². The van der Waals surface area contributed by atoms with Crippen molar-refractivity contribution in [3.63, 3.8) is 0 Å². The van der Waals surface area contributed by atoms with Crippen molar-refractivity contribution in [3.8, 4) is 35.9 Å². The van der Waals surface area contributed by atoms with E-state index in [1.165, 1.54) is 0 Å². The second-order valence-corrected chi connectivity index (χ2v) is 3.26. The van der Waals surface area contributed by atoms with Crippen LogP contribution in [-0.2, 0) is 0 Å². The number of pyridine rings is 1. The fourth-order valence-electron chi connectivity index (χ4n) is 1.49. The van der Waals surface area contributed by atoms with Gasteiger partial charge in [0, 0.05) is 22.9 Å². The molecule has 1 aromatic heterocycles. The van der Waals surface area contributed by atoms with Crippen molar-refractivity contribution in [1.29, 1.82) is 0 Å². The second-order valence-electron chi connectivity index (χ2n) is 3.26. The van der Waals surface area contributed by atoms with Crippen LogP contribution in [0.1, 0.15) is 11.1 Å². The molecule has 0 spiro atoms. The number of hydrogen-bond acceptors (Lipinski definition) is 1. The van der Waals surface area contributed by atoms with Crippen LogP contribution in [0.25, 0.3) is 11.3 Å². The fourth-order valence-corrected chi connectivity index (χ4v) is 1.49. The summed E-state index contributed by atoms with van der Waals surface area (Å²) < 4.78 is 0. The Morgan fingerprint density at radius 1 is 1.00 bits per heavy atom. The molecule has 0 saturated heterocycles. The first kappa shape index (κ1) is 10.0. The maximum atomic E-state index is 5.45. The number of nitrogens with zero attached hydrogens (tertiary/aromatic N) is 1. The van der Waals surface area contributed by atoms with Gasteiger partial charge in [-0.3, -0.25) is 4.98 Å². The van der Waals surface area contributed by atoms with Crippen molar-refractivity contribution in [3.05, 3.63) is 53.7 Å². The van der Waals surface area contributed by atoms with Gasteiger partial charge in [-0.25, -0.2) is 0 Å². The Labute approximate surface area is 95.2 Å². The van der Waals surface area contributed by atoms with Gasteiger partial charge in [0.2, 0.25) is 0 Å². The van der Waals surface area contributed by atoms with E-state index in [2.05, 4.69) is 16.8 Å². The summed E-state index contributed by atoms with van der Waals surface area (Å²) in [6.45, 7) is 0. The third kappa shape index (κ3) is 1.80. The molecule has 2 aromatic rings. The van der Waals surface area contributed by atoms with Crippen molar-refractivity contribution in [2.75, 3.05) is 0 Å². The summed E-state index contributed by atoms with van der Waals surface area (Å²) in [5, 5.41) is 0. The summed E-state index contributed by atoms with van der Waals surface area (Å²) in [4.78, 5) is 4.27. The van der Waals surface area contributed by atoms with Gasteiger partial charge in [0.05, 0.1) is 5.69 Å². The van der Waals surface area contributed by atoms with Crippen LogP contribution in [0.4, 0.5) is 0 Å². The van der Waals surface area contributed by atoms with Crippen LogP contribution in [0, 0.1) is 24.7 Å². The van der Waals surface area contributed by atoms with Crippen molar-refractivity contribution in [2.45, 2.75) is 0 Å². The third-order valence-corrected chi connectivity index (χ3v) is 2.28. The monoisotopic (exact) mass is 203 g/mol. The third-order valence-electron chi connectivity index (χ3n) is 2.28. The first-order valence-corrected chi connectivity index (χ1v) is 4.84. The molecule has 2 rings (SSSR count). The lowest BCUT2D eigenvalue weighted by Crippen LogP contribution is -1.88. The van der Waals surface area contributed by atoms with Crippen LogP contribution in [-0.4, -0.2) is 4.98 Å². The molecule has 0 bridgehead atoms. The molecule has 1 aromatic carbocycles. The zero-order chi connectivity index (χ0) is 11.4. The van der Waals surface area contributed by atoms with Crippen LogP contribution in [0.2, 0.25) is 0 Å². The van der Waals surface area contributed by atoms with E-state index < -0.39 is 0 Å². The van der Waals surface area contributed by atoms with Crippen molar-refractivity contribution in [2.24, 2.45) is 0 Å². The molecule has 16 heavy (non-hydrogen) atoms. The Morgan fingerprint density at radius 2 is 1.88 bits per heavy atom. The van der Waals surface area contributed by atoms with E-state index in [-0.39, 0.29) is 0 Å². The lowest BCUT2D eigenvalue weighted by Gasteiger charge is -2.04. The number of terminal acetylenes is 2. The molecule has 0 aliphatic rings. The number of benzene rings is 1. The van der Waals surface area contributed by atoms with Crippen molar-refractivity contribution in [1.82, 2.24) is 4.98 Å². The molecule has 0 saturated carbocycles. The largest absolute Gasteiger partial charge is 0.256 e. The van der Waals surface area contributed by atoms with E-state index in [9.17, 15) is 0 Å². The SMILES string of the molecule is C#Cc1ccc(C#C)c(-c2ccccn2)c1. The van der Waals surface area contributed by atoms with E-state index in [1.807, 2.05) is 36.4 Å². The molecule has 0 unspecified atom stereocenters. The minimum atomic E-state index is 0.803. The maximum Gasteiger partial charge on any atom is 0.0714 e. The quantitative estimate of drug-likeness (QED) is 0.649. The Kier molecular flexibility index (Phi) is 2.72. The molecule has 1 heterocycles. The topological polar surface area (TPSA) is 12.9 Å². The zero-order valence-corrected chi connectivity index (χ0v) is 8.64. The highest BCUT2D eigenvalue weighted by molar-refractivity contribution is 5.69. The average Bonchev–Trinajstić information content (AvgIpc) is 2.39. The standard InChI is InChI=1S/C15H9N/c1-3-12-8-9-13(4-2)14(11-12)15-7-5-6-10-16-15/h1-2,5-11H. The van der Waals surface area contributed by atoms with Crippen molar-refractivity contribution >= 4 is 0 Å². The Morgan fingerprint density at radius 3 is 2.50 bits per heavy atom. The smallest absolute Gasteiger partial charge is 0.0714 e. The minimum absolute atomic E-state index is 0.803. The second kappa shape index (κ2) is 4.34. The summed E-state index contributed by atoms with van der Waals surface area (Å²) in [6, 6.07) is 11.3. The summed E-state index contributed by atoms with van der Waals surface area (Å²) >= 11 is 0. The highest BCUT2D eigenvalue weighted by Crippen LogP contribution is 2.22. The van der Waals surface area contributed by atoms with Gasteiger partial charge in [0.15, 0.2) is 0 Å². The highest BCUT2D eigenvalue weighted by Gasteiger charge is 2.04. The van der Waals surface area contributed by atoms with Crippen LogP contribution in [0.5, 0.6) is 0 Å². The van der Waals surface area contributed by atoms with Gasteiger partial charge >= 0.3 is 0 Å². The molecule has 74 valence electrons. The molecular formula is C15H9N. The molecule has 1 nitrogen and oxygen atoms in total. The first-order valence-electron chi connectivity index (χ1n) is 4.84. The van der Waals surface area contributed by atoms with Gasteiger partial charge in [-0.1, -0.05) is 17.9 Å². The van der Waals surface area contributed by atoms with Gasteiger partial charge in [0.25, 0.3) is 0 Å². The molecule has 0 fully saturated rings. The molecule has 0 radical (unpaired) electrons. The fraction of sp³-hybridized carbons (Fsp3) is 0. The molecule has 0 aliphatic heterocycles. The zero-order valence-electron chi connectivity index (χ0n) is 8.64. The normalized spacial score (nSPS) is 9.12. The Hall–Kier alpha value is -2.51. The summed E-state index contributed by atoms with van der Waals surface area (Å²) in [6.07, 6.45) is 12.6. The van der Waals surface area contributed by atoms with E-state index in [4.69, 9.17) is 12.8 Å².